The monoisotopic (exact) mass is 616 g/mol. The Balaban J connectivity index is 1.25. The van der Waals surface area contributed by atoms with Gasteiger partial charge in [-0.05, 0) is 110 Å². The summed E-state index contributed by atoms with van der Waals surface area (Å²) >= 11 is 0. The van der Waals surface area contributed by atoms with Crippen LogP contribution in [-0.4, -0.2) is 11.7 Å². The van der Waals surface area contributed by atoms with Crippen LogP contribution in [0.4, 0.5) is 26.3 Å². The Bertz CT molecular complexity index is 1530. The van der Waals surface area contributed by atoms with E-state index in [1.54, 1.807) is 25.1 Å². The Morgan fingerprint density at radius 2 is 1.25 bits per heavy atom. The first-order valence-electron chi connectivity index (χ1n) is 15.6. The van der Waals surface area contributed by atoms with Gasteiger partial charge >= 0.3 is 0 Å². The van der Waals surface area contributed by atoms with Gasteiger partial charge in [-0.3, -0.25) is 0 Å². The van der Waals surface area contributed by atoms with Gasteiger partial charge in [-0.1, -0.05) is 43.7 Å². The minimum absolute atomic E-state index is 0.0404. The van der Waals surface area contributed by atoms with E-state index in [4.69, 9.17) is 4.74 Å². The third-order valence-corrected chi connectivity index (χ3v) is 9.36. The maximum atomic E-state index is 15.4. The van der Waals surface area contributed by atoms with Crippen LogP contribution < -0.4 is 4.74 Å². The summed E-state index contributed by atoms with van der Waals surface area (Å²) in [7, 11) is 0. The molecule has 8 heteroatoms. The predicted molar refractivity (Wildman–Crippen MR) is 159 cm³/mol. The highest BCUT2D eigenvalue weighted by atomic mass is 19.2. The van der Waals surface area contributed by atoms with Crippen molar-refractivity contribution in [3.8, 4) is 5.75 Å². The zero-order valence-electron chi connectivity index (χ0n) is 25.0. The van der Waals surface area contributed by atoms with Crippen LogP contribution in [0.2, 0.25) is 0 Å². The third-order valence-electron chi connectivity index (χ3n) is 9.36. The van der Waals surface area contributed by atoms with Crippen molar-refractivity contribution in [3.05, 3.63) is 105 Å². The quantitative estimate of drug-likeness (QED) is 0.243. The van der Waals surface area contributed by atoms with E-state index < -0.39 is 41.0 Å². The molecule has 1 saturated carbocycles. The van der Waals surface area contributed by atoms with Crippen LogP contribution in [-0.2, 0) is 0 Å². The maximum absolute atomic E-state index is 15.4. The van der Waals surface area contributed by atoms with Gasteiger partial charge in [0.05, 0.1) is 12.7 Å². The van der Waals surface area contributed by atoms with Gasteiger partial charge in [-0.25, -0.2) is 22.0 Å². The Labute approximate surface area is 254 Å². The van der Waals surface area contributed by atoms with Gasteiger partial charge in [0.2, 0.25) is 5.82 Å². The molecule has 0 aromatic heterocycles. The molecule has 3 aromatic rings. The number of hydrogen-bond acceptors (Lipinski definition) is 2. The number of allylic oxidation sites excluding steroid dienone is 2. The molecule has 0 amide bonds. The van der Waals surface area contributed by atoms with Crippen molar-refractivity contribution < 1.29 is 36.2 Å². The molecule has 0 heterocycles. The first-order chi connectivity index (χ1) is 21.2. The van der Waals surface area contributed by atoms with Crippen LogP contribution in [0.25, 0.3) is 5.57 Å². The van der Waals surface area contributed by atoms with Gasteiger partial charge in [0.15, 0.2) is 34.8 Å². The minimum atomic E-state index is -1.06. The molecule has 0 saturated heterocycles. The normalized spacial score (nSPS) is 21.2. The first-order valence-corrected chi connectivity index (χ1v) is 15.6. The number of halogens is 6. The Morgan fingerprint density at radius 1 is 0.682 bits per heavy atom. The molecule has 3 aromatic carbocycles. The van der Waals surface area contributed by atoms with Gasteiger partial charge < -0.3 is 9.84 Å². The van der Waals surface area contributed by atoms with Crippen molar-refractivity contribution >= 4 is 5.57 Å². The summed E-state index contributed by atoms with van der Waals surface area (Å²) in [5.41, 5.74) is 1.53. The second-order valence-electron chi connectivity index (χ2n) is 12.0. The molecule has 0 radical (unpaired) electrons. The second-order valence-corrected chi connectivity index (χ2v) is 12.0. The van der Waals surface area contributed by atoms with E-state index in [9.17, 15) is 22.7 Å². The topological polar surface area (TPSA) is 29.5 Å². The predicted octanol–water partition coefficient (Wildman–Crippen LogP) is 10.5. The van der Waals surface area contributed by atoms with Crippen LogP contribution in [0.3, 0.4) is 0 Å². The molecule has 44 heavy (non-hydrogen) atoms. The molecular formula is C36H38F6O2. The van der Waals surface area contributed by atoms with E-state index in [1.807, 2.05) is 6.92 Å². The first kappa shape index (κ1) is 32.1. The van der Waals surface area contributed by atoms with Crippen molar-refractivity contribution in [3.63, 3.8) is 0 Å². The van der Waals surface area contributed by atoms with Crippen LogP contribution in [0, 0.1) is 34.9 Å². The van der Waals surface area contributed by atoms with Crippen LogP contribution >= 0.6 is 0 Å². The van der Waals surface area contributed by atoms with Gasteiger partial charge in [0.25, 0.3) is 0 Å². The summed E-state index contributed by atoms with van der Waals surface area (Å²) in [5.74, 6) is -6.69. The second kappa shape index (κ2) is 13.8. The van der Waals surface area contributed by atoms with Gasteiger partial charge in [0, 0.05) is 11.1 Å². The van der Waals surface area contributed by atoms with E-state index in [-0.39, 0.29) is 57.9 Å². The molecule has 1 N–H and O–H groups in total. The number of rotatable bonds is 9. The lowest BCUT2D eigenvalue weighted by molar-refractivity contribution is 0.160. The van der Waals surface area contributed by atoms with Gasteiger partial charge in [0.1, 0.15) is 0 Å². The molecule has 0 aliphatic heterocycles. The van der Waals surface area contributed by atoms with Crippen LogP contribution in [0.1, 0.15) is 123 Å². The molecule has 0 spiro atoms. The van der Waals surface area contributed by atoms with Crippen molar-refractivity contribution in [1.82, 2.24) is 0 Å². The van der Waals surface area contributed by atoms with Crippen LogP contribution in [0.15, 0.2) is 42.5 Å². The van der Waals surface area contributed by atoms with E-state index in [0.717, 1.165) is 0 Å². The lowest BCUT2D eigenvalue weighted by atomic mass is 9.75. The number of aliphatic hydroxyl groups is 1. The van der Waals surface area contributed by atoms with E-state index in [2.05, 4.69) is 0 Å². The average Bonchev–Trinajstić information content (AvgIpc) is 3.03. The van der Waals surface area contributed by atoms with Crippen molar-refractivity contribution in [2.24, 2.45) is 0 Å². The van der Waals surface area contributed by atoms with E-state index in [0.29, 0.717) is 63.4 Å². The standard InChI is InChI=1S/C36H38F6O2/c1-3-5-29(43)28-17-16-26(33(39)35(28)41)22-8-6-20(7-9-22)24-14-15-25(32(38)31(24)37)21-10-12-23(13-11-21)27-18-19-30(44-4-2)36(42)34(27)40/h12,14-22,29,43H,3-11,13H2,1-2H3. The Kier molecular flexibility index (Phi) is 10.1. The molecular weight excluding hydrogens is 578 g/mol. The Hall–Kier alpha value is -3.26. The van der Waals surface area contributed by atoms with Crippen LogP contribution in [0.5, 0.6) is 5.75 Å². The largest absolute Gasteiger partial charge is 0.491 e. The highest BCUT2D eigenvalue weighted by molar-refractivity contribution is 5.68. The van der Waals surface area contributed by atoms with E-state index in [1.165, 1.54) is 24.3 Å². The molecule has 2 nitrogen and oxygen atoms in total. The highest BCUT2D eigenvalue weighted by Crippen LogP contribution is 2.45. The summed E-state index contributed by atoms with van der Waals surface area (Å²) in [6.07, 6.45) is 4.89. The number of benzene rings is 3. The fourth-order valence-electron chi connectivity index (χ4n) is 6.91. The number of ether oxygens (including phenoxy) is 1. The molecule has 236 valence electrons. The molecule has 2 unspecified atom stereocenters. The smallest absolute Gasteiger partial charge is 0.201 e. The SMILES string of the molecule is CCCC(O)c1ccc(C2CCC(c3ccc(C4CC=C(c5ccc(OCC)c(F)c5F)CC4)c(F)c3F)CC2)c(F)c1F. The zero-order chi connectivity index (χ0) is 31.5. The zero-order valence-corrected chi connectivity index (χ0v) is 25.0. The molecule has 2 atom stereocenters. The van der Waals surface area contributed by atoms with Gasteiger partial charge in [-0.15, -0.1) is 0 Å². The van der Waals surface area contributed by atoms with Gasteiger partial charge in [-0.2, -0.15) is 4.39 Å². The fourth-order valence-corrected chi connectivity index (χ4v) is 6.91. The Morgan fingerprint density at radius 3 is 1.80 bits per heavy atom. The average molecular weight is 617 g/mol. The number of hydrogen-bond donors (Lipinski definition) is 1. The summed E-state index contributed by atoms with van der Waals surface area (Å²) in [5, 5.41) is 10.1. The summed E-state index contributed by atoms with van der Waals surface area (Å²) in [6.45, 7) is 3.75. The molecule has 1 fully saturated rings. The lowest BCUT2D eigenvalue weighted by Gasteiger charge is -2.30. The van der Waals surface area contributed by atoms with Crippen molar-refractivity contribution in [2.45, 2.75) is 95.5 Å². The molecule has 2 aliphatic rings. The molecule has 2 aliphatic carbocycles. The summed E-state index contributed by atoms with van der Waals surface area (Å²) in [4.78, 5) is 0. The fraction of sp³-hybridized carbons (Fsp3) is 0.444. The highest BCUT2D eigenvalue weighted by Gasteiger charge is 2.31. The third kappa shape index (κ3) is 6.28. The van der Waals surface area contributed by atoms with Crippen molar-refractivity contribution in [1.29, 1.82) is 0 Å². The minimum Gasteiger partial charge on any atom is -0.491 e. The van der Waals surface area contributed by atoms with E-state index >= 15 is 8.78 Å². The lowest BCUT2D eigenvalue weighted by Crippen LogP contribution is -2.17. The summed E-state index contributed by atoms with van der Waals surface area (Å²) in [6, 6.07) is 9.12. The van der Waals surface area contributed by atoms with Crippen molar-refractivity contribution in [2.75, 3.05) is 6.61 Å². The molecule has 0 bridgehead atoms. The molecule has 5 rings (SSSR count). The summed E-state index contributed by atoms with van der Waals surface area (Å²) < 4.78 is 94.8. The maximum Gasteiger partial charge on any atom is 0.201 e. The number of aliphatic hydroxyl groups excluding tert-OH is 1.